The molecule has 174 valence electrons. The van der Waals surface area contributed by atoms with E-state index in [-0.39, 0.29) is 46.8 Å². The number of carbonyl (C=O) groups is 1. The quantitative estimate of drug-likeness (QED) is 0.661. The number of nitrogens with zero attached hydrogens (tertiary/aromatic N) is 2. The third kappa shape index (κ3) is 5.77. The normalized spacial score (nSPS) is 24.8. The number of sulfonamides is 2. The Kier molecular flexibility index (Phi) is 7.34. The molecule has 2 saturated heterocycles. The summed E-state index contributed by atoms with van der Waals surface area (Å²) in [7, 11) is -7.15. The van der Waals surface area contributed by atoms with Gasteiger partial charge in [0.1, 0.15) is 4.90 Å². The number of rotatable bonds is 5. The molecule has 2 aliphatic heterocycles. The minimum atomic E-state index is -3.90. The van der Waals surface area contributed by atoms with E-state index in [9.17, 15) is 21.6 Å². The molecule has 0 radical (unpaired) electrons. The highest BCUT2D eigenvalue weighted by Crippen LogP contribution is 2.28. The molecule has 2 aliphatic rings. The van der Waals surface area contributed by atoms with Gasteiger partial charge in [-0.25, -0.2) is 21.1 Å². The number of hydrogen-bond donors (Lipinski definition) is 1. The van der Waals surface area contributed by atoms with Gasteiger partial charge < -0.3 is 10.1 Å². The number of benzene rings is 1. The van der Waals surface area contributed by atoms with E-state index in [0.717, 1.165) is 6.26 Å². The van der Waals surface area contributed by atoms with Gasteiger partial charge in [-0.3, -0.25) is 4.79 Å². The van der Waals surface area contributed by atoms with E-state index < -0.39 is 26.0 Å². The summed E-state index contributed by atoms with van der Waals surface area (Å²) in [4.78, 5) is 12.6. The van der Waals surface area contributed by atoms with Crippen molar-refractivity contribution in [2.24, 2.45) is 0 Å². The summed E-state index contributed by atoms with van der Waals surface area (Å²) < 4.78 is 57.9. The fourth-order valence-electron chi connectivity index (χ4n) is 3.91. The van der Waals surface area contributed by atoms with E-state index >= 15 is 0 Å². The van der Waals surface area contributed by atoms with Crippen LogP contribution in [0.15, 0.2) is 23.1 Å². The molecule has 1 amide bonds. The van der Waals surface area contributed by atoms with Crippen LogP contribution in [0.3, 0.4) is 0 Å². The molecular formula is C19H28ClN3O6S2. The number of amides is 1. The smallest absolute Gasteiger partial charge is 0.251 e. The Hall–Kier alpha value is -1.24. The minimum absolute atomic E-state index is 0.0461. The third-order valence-electron chi connectivity index (χ3n) is 5.46. The van der Waals surface area contributed by atoms with Gasteiger partial charge in [-0.2, -0.15) is 4.31 Å². The van der Waals surface area contributed by atoms with Crippen LogP contribution >= 0.6 is 11.6 Å². The molecule has 1 aromatic rings. The maximum atomic E-state index is 13.2. The van der Waals surface area contributed by atoms with Crippen LogP contribution in [0.4, 0.5) is 0 Å². The molecular weight excluding hydrogens is 466 g/mol. The monoisotopic (exact) mass is 493 g/mol. The molecule has 2 fully saturated rings. The summed E-state index contributed by atoms with van der Waals surface area (Å²) in [5.41, 5.74) is 0.183. The summed E-state index contributed by atoms with van der Waals surface area (Å²) >= 11 is 6.20. The average molecular weight is 494 g/mol. The van der Waals surface area contributed by atoms with Crippen molar-refractivity contribution in [3.63, 3.8) is 0 Å². The van der Waals surface area contributed by atoms with Gasteiger partial charge in [0.2, 0.25) is 20.0 Å². The van der Waals surface area contributed by atoms with Crippen LogP contribution in [0.5, 0.6) is 0 Å². The van der Waals surface area contributed by atoms with Crippen LogP contribution in [0.2, 0.25) is 5.02 Å². The Labute approximate surface area is 188 Å². The molecule has 2 unspecified atom stereocenters. The number of ether oxygens (including phenoxy) is 1. The lowest BCUT2D eigenvalue weighted by molar-refractivity contribution is -0.0440. The van der Waals surface area contributed by atoms with Crippen LogP contribution in [-0.2, 0) is 24.8 Å². The zero-order chi connectivity index (χ0) is 23.0. The molecule has 0 spiro atoms. The van der Waals surface area contributed by atoms with Crippen LogP contribution < -0.4 is 5.32 Å². The van der Waals surface area contributed by atoms with Crippen molar-refractivity contribution in [1.29, 1.82) is 0 Å². The summed E-state index contributed by atoms with van der Waals surface area (Å²) in [6.07, 6.45) is 1.64. The predicted octanol–water partition coefficient (Wildman–Crippen LogP) is 1.29. The van der Waals surface area contributed by atoms with Gasteiger partial charge in [0, 0.05) is 37.8 Å². The molecule has 0 aromatic heterocycles. The number of piperidine rings is 1. The lowest BCUT2D eigenvalue weighted by atomic mass is 10.1. The lowest BCUT2D eigenvalue weighted by Gasteiger charge is -2.34. The molecule has 1 aromatic carbocycles. The maximum Gasteiger partial charge on any atom is 0.251 e. The molecule has 0 aliphatic carbocycles. The van der Waals surface area contributed by atoms with Crippen LogP contribution in [0.25, 0.3) is 0 Å². The summed E-state index contributed by atoms with van der Waals surface area (Å²) in [5, 5.41) is 2.91. The van der Waals surface area contributed by atoms with Crippen LogP contribution in [0.1, 0.15) is 37.0 Å². The fourth-order valence-corrected chi connectivity index (χ4v) is 6.87. The van der Waals surface area contributed by atoms with Gasteiger partial charge in [-0.15, -0.1) is 0 Å². The molecule has 0 bridgehead atoms. The molecule has 2 heterocycles. The molecule has 2 atom stereocenters. The second kappa shape index (κ2) is 9.32. The summed E-state index contributed by atoms with van der Waals surface area (Å²) in [6.45, 7) is 4.68. The van der Waals surface area contributed by atoms with Crippen molar-refractivity contribution in [2.75, 3.05) is 32.4 Å². The second-order valence-electron chi connectivity index (χ2n) is 8.13. The molecule has 1 N–H and O–H groups in total. The van der Waals surface area contributed by atoms with Crippen molar-refractivity contribution in [3.8, 4) is 0 Å². The Balaban J connectivity index is 1.74. The van der Waals surface area contributed by atoms with Gasteiger partial charge in [0.25, 0.3) is 5.91 Å². The predicted molar refractivity (Wildman–Crippen MR) is 117 cm³/mol. The summed E-state index contributed by atoms with van der Waals surface area (Å²) in [5.74, 6) is -0.422. The summed E-state index contributed by atoms with van der Waals surface area (Å²) in [6, 6.07) is 3.99. The Morgan fingerprint density at radius 2 is 1.65 bits per heavy atom. The van der Waals surface area contributed by atoms with E-state index in [0.29, 0.717) is 25.9 Å². The van der Waals surface area contributed by atoms with Crippen LogP contribution in [0, 0.1) is 0 Å². The van der Waals surface area contributed by atoms with Crippen molar-refractivity contribution in [2.45, 2.75) is 49.8 Å². The number of nitrogens with one attached hydrogen (secondary N) is 1. The van der Waals surface area contributed by atoms with Gasteiger partial charge in [0.05, 0.1) is 23.5 Å². The zero-order valence-corrected chi connectivity index (χ0v) is 20.1. The first-order chi connectivity index (χ1) is 14.4. The number of morpholine rings is 1. The Bertz CT molecular complexity index is 1030. The number of hydrogen-bond acceptors (Lipinski definition) is 6. The molecule has 12 heteroatoms. The minimum Gasteiger partial charge on any atom is -0.373 e. The highest BCUT2D eigenvalue weighted by atomic mass is 35.5. The second-order valence-corrected chi connectivity index (χ2v) is 12.4. The average Bonchev–Trinajstić information content (AvgIpc) is 2.67. The topological polar surface area (TPSA) is 113 Å². The first kappa shape index (κ1) is 24.4. The standard InChI is InChI=1S/C19H28ClN3O6S2/c1-13-11-23(12-14(2)29-13)31(27,28)18-10-15(4-5-17(18)20)19(24)21-16-6-8-22(9-7-16)30(3,25)26/h4-5,10,13-14,16H,6-9,11-12H2,1-3H3,(H,21,24). The first-order valence-corrected chi connectivity index (χ1v) is 13.8. The largest absolute Gasteiger partial charge is 0.373 e. The third-order valence-corrected chi connectivity index (χ3v) is 9.07. The van der Waals surface area contributed by atoms with Crippen LogP contribution in [-0.4, -0.2) is 82.0 Å². The maximum absolute atomic E-state index is 13.2. The highest BCUT2D eigenvalue weighted by molar-refractivity contribution is 7.89. The lowest BCUT2D eigenvalue weighted by Crippen LogP contribution is -2.48. The van der Waals surface area contributed by atoms with E-state index in [4.69, 9.17) is 16.3 Å². The Morgan fingerprint density at radius 3 is 2.19 bits per heavy atom. The van der Waals surface area contributed by atoms with Gasteiger partial charge >= 0.3 is 0 Å². The first-order valence-electron chi connectivity index (χ1n) is 10.1. The van der Waals surface area contributed by atoms with E-state index in [1.807, 2.05) is 0 Å². The van der Waals surface area contributed by atoms with Crippen molar-refractivity contribution in [3.05, 3.63) is 28.8 Å². The zero-order valence-electron chi connectivity index (χ0n) is 17.7. The van der Waals surface area contributed by atoms with E-state index in [1.165, 1.54) is 26.8 Å². The van der Waals surface area contributed by atoms with Crippen molar-refractivity contribution < 1.29 is 26.4 Å². The number of carbonyl (C=O) groups excluding carboxylic acids is 1. The number of halogens is 1. The molecule has 31 heavy (non-hydrogen) atoms. The van der Waals surface area contributed by atoms with Gasteiger partial charge in [-0.1, -0.05) is 11.6 Å². The van der Waals surface area contributed by atoms with Gasteiger partial charge in [-0.05, 0) is 44.9 Å². The SMILES string of the molecule is CC1CN(S(=O)(=O)c2cc(C(=O)NC3CCN(S(C)(=O)=O)CC3)ccc2Cl)CC(C)O1. The van der Waals surface area contributed by atoms with Gasteiger partial charge in [0.15, 0.2) is 0 Å². The fraction of sp³-hybridized carbons (Fsp3) is 0.632. The van der Waals surface area contributed by atoms with E-state index in [2.05, 4.69) is 5.32 Å². The molecule has 3 rings (SSSR count). The molecule has 9 nitrogen and oxygen atoms in total. The Morgan fingerprint density at radius 1 is 1.06 bits per heavy atom. The van der Waals surface area contributed by atoms with Crippen molar-refractivity contribution in [1.82, 2.24) is 13.9 Å². The molecule has 0 saturated carbocycles. The van der Waals surface area contributed by atoms with Crippen molar-refractivity contribution >= 4 is 37.6 Å². The highest BCUT2D eigenvalue weighted by Gasteiger charge is 2.34. The van der Waals surface area contributed by atoms with E-state index in [1.54, 1.807) is 13.8 Å².